The van der Waals surface area contributed by atoms with Gasteiger partial charge in [0, 0.05) is 12.0 Å². The van der Waals surface area contributed by atoms with Crippen LogP contribution in [0.2, 0.25) is 0 Å². The van der Waals surface area contributed by atoms with Crippen molar-refractivity contribution in [3.05, 3.63) is 0 Å². The van der Waals surface area contributed by atoms with Gasteiger partial charge in [0.2, 0.25) is 4.87 Å². The number of β-lactam (4-membered cyclic amide) rings is 1. The molecule has 1 amide bonds. The molecule has 0 aromatic rings. The number of hydrogen-bond donors (Lipinski definition) is 0. The van der Waals surface area contributed by atoms with Crippen molar-refractivity contribution < 1.29 is 18.0 Å². The van der Waals surface area contributed by atoms with Crippen LogP contribution in [0.15, 0.2) is 0 Å². The molecular weight excluding hydrogens is 266 g/mol. The first-order chi connectivity index (χ1) is 7.53. The lowest BCUT2D eigenvalue weighted by Crippen LogP contribution is -2.74. The van der Waals surface area contributed by atoms with Gasteiger partial charge in [0.1, 0.15) is 0 Å². The van der Waals surface area contributed by atoms with E-state index in [1.54, 1.807) is 20.8 Å². The number of hydrogen-bond acceptors (Lipinski definition) is 4. The van der Waals surface area contributed by atoms with Crippen LogP contribution in [0.25, 0.3) is 0 Å². The topological polar surface area (TPSA) is 71.5 Å². The third kappa shape index (κ3) is 1.46. The van der Waals surface area contributed by atoms with E-state index in [1.807, 2.05) is 0 Å². The van der Waals surface area contributed by atoms with Crippen LogP contribution in [0.1, 0.15) is 20.8 Å². The third-order valence-electron chi connectivity index (χ3n) is 3.16. The number of carbonyl (C=O) groups excluding carboxylic acids is 2. The number of nitrogens with zero attached hydrogens (tertiary/aromatic N) is 1. The molecule has 2 fully saturated rings. The quantitative estimate of drug-likeness (QED) is 0.390. The van der Waals surface area contributed by atoms with E-state index in [0.717, 1.165) is 0 Å². The number of ketones is 1. The molecule has 0 spiro atoms. The maximum atomic E-state index is 12.2. The molecule has 7 heteroatoms. The number of halogens is 1. The third-order valence-corrected chi connectivity index (χ3v) is 5.87. The normalized spacial score (nSPS) is 35.4. The van der Waals surface area contributed by atoms with Gasteiger partial charge in [-0.2, -0.15) is 0 Å². The van der Waals surface area contributed by atoms with E-state index in [1.165, 1.54) is 4.90 Å². The van der Waals surface area contributed by atoms with Crippen LogP contribution in [0.3, 0.4) is 0 Å². The molecule has 0 bridgehead atoms. The van der Waals surface area contributed by atoms with Crippen molar-refractivity contribution in [3.63, 3.8) is 0 Å². The Bertz CT molecular complexity index is 507. The number of alkyl halides is 1. The smallest absolute Gasteiger partial charge is 0.255 e. The number of rotatable bonds is 1. The highest BCUT2D eigenvalue weighted by atomic mass is 35.5. The first-order valence-corrected chi connectivity index (χ1v) is 7.39. The SMILES string of the molecule is CC(C)(C)C(=O)[C@]1(Cl)C(=O)N2CCS(=O)(=O)[C@H]21. The number of fused-ring (bicyclic) bond motifs is 1. The number of amides is 1. The van der Waals surface area contributed by atoms with E-state index in [9.17, 15) is 18.0 Å². The van der Waals surface area contributed by atoms with Crippen LogP contribution in [-0.2, 0) is 19.4 Å². The summed E-state index contributed by atoms with van der Waals surface area (Å²) in [6.07, 6.45) is 0. The Hall–Kier alpha value is -0.620. The summed E-state index contributed by atoms with van der Waals surface area (Å²) >= 11 is 6.06. The van der Waals surface area contributed by atoms with Crippen LogP contribution in [0, 0.1) is 5.41 Å². The molecule has 0 saturated carbocycles. The lowest BCUT2D eigenvalue weighted by molar-refractivity contribution is -0.154. The molecule has 0 unspecified atom stereocenters. The zero-order valence-corrected chi connectivity index (χ0v) is 11.4. The first kappa shape index (κ1) is 12.8. The summed E-state index contributed by atoms with van der Waals surface area (Å²) in [5.41, 5.74) is -0.846. The molecule has 0 aromatic heterocycles. The predicted octanol–water partition coefficient (Wildman–Crippen LogP) is 0.176. The minimum absolute atomic E-state index is 0.116. The van der Waals surface area contributed by atoms with E-state index < -0.39 is 37.2 Å². The highest BCUT2D eigenvalue weighted by Crippen LogP contribution is 2.47. The van der Waals surface area contributed by atoms with Crippen molar-refractivity contribution in [1.29, 1.82) is 0 Å². The van der Waals surface area contributed by atoms with Crippen molar-refractivity contribution >= 4 is 33.1 Å². The summed E-state index contributed by atoms with van der Waals surface area (Å²) in [7, 11) is -3.48. The Kier molecular flexibility index (Phi) is 2.44. The molecule has 2 rings (SSSR count). The molecule has 17 heavy (non-hydrogen) atoms. The highest BCUT2D eigenvalue weighted by molar-refractivity contribution is 7.92. The number of sulfone groups is 1. The van der Waals surface area contributed by atoms with Gasteiger partial charge in [-0.1, -0.05) is 32.4 Å². The van der Waals surface area contributed by atoms with Gasteiger partial charge >= 0.3 is 0 Å². The average molecular weight is 280 g/mol. The molecule has 2 atom stereocenters. The van der Waals surface area contributed by atoms with Crippen molar-refractivity contribution in [2.45, 2.75) is 31.0 Å². The molecule has 96 valence electrons. The van der Waals surface area contributed by atoms with Crippen molar-refractivity contribution in [2.24, 2.45) is 5.41 Å². The Balaban J connectivity index is 2.46. The summed E-state index contributed by atoms with van der Waals surface area (Å²) in [6.45, 7) is 5.00. The molecule has 2 saturated heterocycles. The molecule has 0 radical (unpaired) electrons. The maximum absolute atomic E-state index is 12.2. The second-order valence-corrected chi connectivity index (χ2v) is 8.29. The van der Waals surface area contributed by atoms with Crippen LogP contribution >= 0.6 is 11.6 Å². The molecule has 2 aliphatic rings. The fourth-order valence-electron chi connectivity index (χ4n) is 2.32. The largest absolute Gasteiger partial charge is 0.320 e. The Morgan fingerprint density at radius 2 is 2.00 bits per heavy atom. The van der Waals surface area contributed by atoms with Gasteiger partial charge < -0.3 is 4.90 Å². The highest BCUT2D eigenvalue weighted by Gasteiger charge is 2.72. The molecule has 0 aromatic carbocycles. The zero-order chi connectivity index (χ0) is 13.2. The minimum atomic E-state index is -3.48. The van der Waals surface area contributed by atoms with E-state index in [0.29, 0.717) is 0 Å². The van der Waals surface area contributed by atoms with Gasteiger partial charge in [0.15, 0.2) is 21.0 Å². The first-order valence-electron chi connectivity index (χ1n) is 5.29. The van der Waals surface area contributed by atoms with Gasteiger partial charge in [-0.15, -0.1) is 0 Å². The van der Waals surface area contributed by atoms with Crippen LogP contribution in [0.4, 0.5) is 0 Å². The molecule has 0 N–H and O–H groups in total. The van der Waals surface area contributed by atoms with Crippen molar-refractivity contribution in [3.8, 4) is 0 Å². The molecule has 5 nitrogen and oxygen atoms in total. The summed E-state index contributed by atoms with van der Waals surface area (Å²) in [5.74, 6) is -1.22. The van der Waals surface area contributed by atoms with Gasteiger partial charge in [-0.05, 0) is 0 Å². The lowest BCUT2D eigenvalue weighted by atomic mass is 9.78. The second-order valence-electron chi connectivity index (χ2n) is 5.51. The average Bonchev–Trinajstić information content (AvgIpc) is 2.48. The minimum Gasteiger partial charge on any atom is -0.320 e. The van der Waals surface area contributed by atoms with Crippen molar-refractivity contribution in [2.75, 3.05) is 12.3 Å². The summed E-state index contributed by atoms with van der Waals surface area (Å²) in [4.78, 5) is 23.3. The molecular formula is C10H14ClNO4S. The number of Topliss-reactive ketones (excluding diaryl/α,β-unsaturated/α-hetero) is 1. The molecule has 2 heterocycles. The lowest BCUT2D eigenvalue weighted by Gasteiger charge is -2.48. The standard InChI is InChI=1S/C10H14ClNO4S/c1-9(2,3)6(13)10(11)7(14)12-4-5-17(15,16)8(10)12/h8H,4-5H2,1-3H3/t8-,10-/m0/s1. The van der Waals surface area contributed by atoms with Gasteiger partial charge in [0.25, 0.3) is 5.91 Å². The predicted molar refractivity (Wildman–Crippen MR) is 62.3 cm³/mol. The van der Waals surface area contributed by atoms with Crippen LogP contribution in [-0.4, -0.2) is 47.6 Å². The Morgan fingerprint density at radius 3 is 2.47 bits per heavy atom. The zero-order valence-electron chi connectivity index (χ0n) is 9.86. The van der Waals surface area contributed by atoms with Gasteiger partial charge in [0.05, 0.1) is 5.75 Å². The van der Waals surface area contributed by atoms with Gasteiger partial charge in [-0.25, -0.2) is 8.42 Å². The fraction of sp³-hybridized carbons (Fsp3) is 0.800. The maximum Gasteiger partial charge on any atom is 0.255 e. The summed E-state index contributed by atoms with van der Waals surface area (Å²) in [5, 5.41) is -1.17. The summed E-state index contributed by atoms with van der Waals surface area (Å²) in [6, 6.07) is 0. The molecule has 2 aliphatic heterocycles. The monoisotopic (exact) mass is 279 g/mol. The Labute approximate surface area is 105 Å². The Morgan fingerprint density at radius 1 is 1.47 bits per heavy atom. The van der Waals surface area contributed by atoms with Crippen molar-refractivity contribution in [1.82, 2.24) is 4.90 Å². The van der Waals surface area contributed by atoms with E-state index in [-0.39, 0.29) is 12.3 Å². The van der Waals surface area contributed by atoms with E-state index in [4.69, 9.17) is 11.6 Å². The summed E-state index contributed by atoms with van der Waals surface area (Å²) < 4.78 is 23.6. The van der Waals surface area contributed by atoms with E-state index in [2.05, 4.69) is 0 Å². The van der Waals surface area contributed by atoms with Crippen LogP contribution in [0.5, 0.6) is 0 Å². The second kappa shape index (κ2) is 3.23. The van der Waals surface area contributed by atoms with Crippen LogP contribution < -0.4 is 0 Å². The van der Waals surface area contributed by atoms with E-state index >= 15 is 0 Å². The van der Waals surface area contributed by atoms with Gasteiger partial charge in [-0.3, -0.25) is 9.59 Å². The fourth-order valence-corrected chi connectivity index (χ4v) is 5.21. The number of carbonyl (C=O) groups is 2. The molecule has 0 aliphatic carbocycles.